The standard InChI is InChI=1S/C25H29NO3/c1-18(2)25(29)26-21(16-23(27)19-10-5-3-6-11-19)14-9-15-22(26)17-24(28)20-12-7-4-8-13-20/h3-8,10-13,18,21-22H,9,14-17H2,1-2H3/t21-,22+. The molecule has 0 unspecified atom stereocenters. The largest absolute Gasteiger partial charge is 0.336 e. The molecule has 4 nitrogen and oxygen atoms in total. The summed E-state index contributed by atoms with van der Waals surface area (Å²) < 4.78 is 0. The van der Waals surface area contributed by atoms with Crippen LogP contribution >= 0.6 is 0 Å². The molecule has 29 heavy (non-hydrogen) atoms. The molecule has 0 spiro atoms. The van der Waals surface area contributed by atoms with Crippen LogP contribution in [0.2, 0.25) is 0 Å². The Kier molecular flexibility index (Phi) is 6.97. The van der Waals surface area contributed by atoms with Crippen LogP contribution < -0.4 is 0 Å². The van der Waals surface area contributed by atoms with Crippen LogP contribution in [0.25, 0.3) is 0 Å². The van der Waals surface area contributed by atoms with Gasteiger partial charge in [-0.3, -0.25) is 14.4 Å². The summed E-state index contributed by atoms with van der Waals surface area (Å²) in [5.41, 5.74) is 1.35. The van der Waals surface area contributed by atoms with E-state index in [4.69, 9.17) is 0 Å². The number of amides is 1. The number of nitrogens with zero attached hydrogens (tertiary/aromatic N) is 1. The van der Waals surface area contributed by atoms with Crippen molar-refractivity contribution in [1.29, 1.82) is 0 Å². The Morgan fingerprint density at radius 2 is 1.21 bits per heavy atom. The molecule has 2 atom stereocenters. The second-order valence-electron chi connectivity index (χ2n) is 8.13. The maximum Gasteiger partial charge on any atom is 0.225 e. The third-order valence-electron chi connectivity index (χ3n) is 5.64. The molecular formula is C25H29NO3. The van der Waals surface area contributed by atoms with E-state index in [0.717, 1.165) is 19.3 Å². The fraction of sp³-hybridized carbons (Fsp3) is 0.400. The van der Waals surface area contributed by atoms with Crippen molar-refractivity contribution in [3.8, 4) is 0 Å². The van der Waals surface area contributed by atoms with Gasteiger partial charge in [0.15, 0.2) is 11.6 Å². The van der Waals surface area contributed by atoms with Crippen LogP contribution in [-0.4, -0.2) is 34.5 Å². The van der Waals surface area contributed by atoms with Gasteiger partial charge in [-0.1, -0.05) is 74.5 Å². The molecule has 2 aromatic rings. The summed E-state index contributed by atoms with van der Waals surface area (Å²) in [6, 6.07) is 18.1. The number of rotatable bonds is 7. The Morgan fingerprint density at radius 1 is 0.793 bits per heavy atom. The lowest BCUT2D eigenvalue weighted by Gasteiger charge is -2.43. The fourth-order valence-electron chi connectivity index (χ4n) is 4.14. The molecule has 1 aliphatic heterocycles. The van der Waals surface area contributed by atoms with Crippen molar-refractivity contribution < 1.29 is 14.4 Å². The highest BCUT2D eigenvalue weighted by atomic mass is 16.2. The fourth-order valence-corrected chi connectivity index (χ4v) is 4.14. The molecule has 1 fully saturated rings. The third-order valence-corrected chi connectivity index (χ3v) is 5.64. The second-order valence-corrected chi connectivity index (χ2v) is 8.13. The lowest BCUT2D eigenvalue weighted by Crippen LogP contribution is -2.52. The van der Waals surface area contributed by atoms with Crippen molar-refractivity contribution in [2.45, 2.75) is 58.0 Å². The van der Waals surface area contributed by atoms with Gasteiger partial charge in [-0.2, -0.15) is 0 Å². The van der Waals surface area contributed by atoms with Gasteiger partial charge in [0.25, 0.3) is 0 Å². The zero-order valence-corrected chi connectivity index (χ0v) is 17.2. The predicted molar refractivity (Wildman–Crippen MR) is 114 cm³/mol. The van der Waals surface area contributed by atoms with Crippen LogP contribution in [0.15, 0.2) is 60.7 Å². The van der Waals surface area contributed by atoms with E-state index in [9.17, 15) is 14.4 Å². The minimum absolute atomic E-state index is 0.0291. The van der Waals surface area contributed by atoms with Crippen LogP contribution in [0.4, 0.5) is 0 Å². The van der Waals surface area contributed by atoms with Crippen LogP contribution in [0.3, 0.4) is 0 Å². The van der Waals surface area contributed by atoms with Gasteiger partial charge >= 0.3 is 0 Å². The Hall–Kier alpha value is -2.75. The van der Waals surface area contributed by atoms with E-state index in [1.54, 1.807) is 0 Å². The van der Waals surface area contributed by atoms with Gasteiger partial charge in [0.05, 0.1) is 0 Å². The van der Waals surface area contributed by atoms with Gasteiger partial charge in [0.1, 0.15) is 0 Å². The molecule has 1 amide bonds. The zero-order valence-electron chi connectivity index (χ0n) is 17.2. The molecule has 2 aromatic carbocycles. The number of hydrogen-bond donors (Lipinski definition) is 0. The van der Waals surface area contributed by atoms with E-state index in [-0.39, 0.29) is 35.5 Å². The summed E-state index contributed by atoms with van der Waals surface area (Å²) in [6.07, 6.45) is 3.12. The van der Waals surface area contributed by atoms with Crippen molar-refractivity contribution in [2.24, 2.45) is 5.92 Å². The maximum absolute atomic E-state index is 13.1. The highest BCUT2D eigenvalue weighted by molar-refractivity contribution is 5.97. The van der Waals surface area contributed by atoms with Crippen molar-refractivity contribution in [3.05, 3.63) is 71.8 Å². The normalized spacial score (nSPS) is 19.2. The first kappa shape index (κ1) is 21.0. The molecule has 1 heterocycles. The van der Waals surface area contributed by atoms with Gasteiger partial charge in [0, 0.05) is 42.0 Å². The van der Waals surface area contributed by atoms with Gasteiger partial charge in [-0.15, -0.1) is 0 Å². The van der Waals surface area contributed by atoms with Crippen LogP contribution in [0, 0.1) is 5.92 Å². The molecule has 0 radical (unpaired) electrons. The van der Waals surface area contributed by atoms with Crippen molar-refractivity contribution in [2.75, 3.05) is 0 Å². The van der Waals surface area contributed by atoms with Crippen molar-refractivity contribution >= 4 is 17.5 Å². The lowest BCUT2D eigenvalue weighted by molar-refractivity contribution is -0.141. The quantitative estimate of drug-likeness (QED) is 0.628. The maximum atomic E-state index is 13.1. The minimum Gasteiger partial charge on any atom is -0.336 e. The number of ketones is 2. The Balaban J connectivity index is 1.79. The van der Waals surface area contributed by atoms with Gasteiger partial charge in [-0.05, 0) is 19.3 Å². The second kappa shape index (κ2) is 9.64. The highest BCUT2D eigenvalue weighted by Crippen LogP contribution is 2.30. The van der Waals surface area contributed by atoms with E-state index < -0.39 is 0 Å². The molecular weight excluding hydrogens is 362 g/mol. The molecule has 1 saturated heterocycles. The van der Waals surface area contributed by atoms with E-state index in [2.05, 4.69) is 0 Å². The molecule has 1 aliphatic rings. The molecule has 0 aromatic heterocycles. The molecule has 3 rings (SSSR count). The molecule has 0 N–H and O–H groups in total. The zero-order chi connectivity index (χ0) is 20.8. The average Bonchev–Trinajstić information content (AvgIpc) is 2.74. The Labute approximate surface area is 172 Å². The van der Waals surface area contributed by atoms with Gasteiger partial charge in [0.2, 0.25) is 5.91 Å². The number of likely N-dealkylation sites (tertiary alicyclic amines) is 1. The van der Waals surface area contributed by atoms with E-state index in [1.807, 2.05) is 79.4 Å². The predicted octanol–water partition coefficient (Wildman–Crippen LogP) is 4.94. The van der Waals surface area contributed by atoms with Crippen LogP contribution in [0.1, 0.15) is 66.7 Å². The number of Topliss-reactive ketones (excluding diaryl/α,β-unsaturated/α-hetero) is 2. The first-order valence-electron chi connectivity index (χ1n) is 10.5. The number of hydrogen-bond acceptors (Lipinski definition) is 3. The van der Waals surface area contributed by atoms with E-state index >= 15 is 0 Å². The van der Waals surface area contributed by atoms with Gasteiger partial charge < -0.3 is 4.90 Å². The SMILES string of the molecule is CC(C)C(=O)N1[C@@H](CC(=O)c2ccccc2)CCC[C@H]1CC(=O)c1ccccc1. The van der Waals surface area contributed by atoms with Gasteiger partial charge in [-0.25, -0.2) is 0 Å². The van der Waals surface area contributed by atoms with Crippen LogP contribution in [0.5, 0.6) is 0 Å². The molecule has 152 valence electrons. The monoisotopic (exact) mass is 391 g/mol. The highest BCUT2D eigenvalue weighted by Gasteiger charge is 2.37. The van der Waals surface area contributed by atoms with E-state index in [0.29, 0.717) is 24.0 Å². The Bertz CT molecular complexity index is 783. The van der Waals surface area contributed by atoms with E-state index in [1.165, 1.54) is 0 Å². The molecule has 0 bridgehead atoms. The summed E-state index contributed by atoms with van der Waals surface area (Å²) in [4.78, 5) is 40.5. The summed E-state index contributed by atoms with van der Waals surface area (Å²) >= 11 is 0. The number of benzene rings is 2. The minimum atomic E-state index is -0.170. The van der Waals surface area contributed by atoms with Crippen LogP contribution in [-0.2, 0) is 4.79 Å². The first-order chi connectivity index (χ1) is 14.0. The molecule has 0 aliphatic carbocycles. The Morgan fingerprint density at radius 3 is 1.59 bits per heavy atom. The number of carbonyl (C=O) groups excluding carboxylic acids is 3. The smallest absolute Gasteiger partial charge is 0.225 e. The van der Waals surface area contributed by atoms with Crippen molar-refractivity contribution in [3.63, 3.8) is 0 Å². The summed E-state index contributed by atoms with van der Waals surface area (Å²) in [6.45, 7) is 3.76. The lowest BCUT2D eigenvalue weighted by atomic mass is 9.87. The third kappa shape index (κ3) is 5.20. The molecule has 0 saturated carbocycles. The topological polar surface area (TPSA) is 54.5 Å². The summed E-state index contributed by atoms with van der Waals surface area (Å²) in [5, 5.41) is 0. The summed E-state index contributed by atoms with van der Waals surface area (Å²) in [7, 11) is 0. The molecule has 4 heteroatoms. The number of carbonyl (C=O) groups is 3. The average molecular weight is 392 g/mol. The first-order valence-corrected chi connectivity index (χ1v) is 10.5. The van der Waals surface area contributed by atoms with Crippen molar-refractivity contribution in [1.82, 2.24) is 4.90 Å². The number of piperidine rings is 1. The summed E-state index contributed by atoms with van der Waals surface area (Å²) in [5.74, 6) is -0.0439.